The first-order chi connectivity index (χ1) is 6.63. The fraction of sp³-hybridized carbons (Fsp3) is 0.333. The summed E-state index contributed by atoms with van der Waals surface area (Å²) in [6.45, 7) is -0.643. The van der Waals surface area contributed by atoms with E-state index >= 15 is 0 Å². The van der Waals surface area contributed by atoms with Crippen LogP contribution in [0.3, 0.4) is 0 Å². The van der Waals surface area contributed by atoms with Crippen molar-refractivity contribution in [3.8, 4) is 11.5 Å². The number of hydrogen-bond donors (Lipinski definition) is 1. The normalized spacial score (nSPS) is 10.3. The highest BCUT2D eigenvalue weighted by molar-refractivity contribution is 5.55. The van der Waals surface area contributed by atoms with Gasteiger partial charge in [-0.15, -0.1) is 0 Å². The summed E-state index contributed by atoms with van der Waals surface area (Å²) in [7, 11) is 0. The lowest BCUT2D eigenvalue weighted by Gasteiger charge is -2.09. The molecule has 0 aromatic heterocycles. The molecule has 14 heavy (non-hydrogen) atoms. The third-order valence-corrected chi connectivity index (χ3v) is 1.51. The predicted octanol–water partition coefficient (Wildman–Crippen LogP) is 2.27. The van der Waals surface area contributed by atoms with Crippen molar-refractivity contribution in [3.63, 3.8) is 0 Å². The molecule has 2 N–H and O–H groups in total. The van der Waals surface area contributed by atoms with Crippen LogP contribution in [-0.4, -0.2) is 13.2 Å². The lowest BCUT2D eigenvalue weighted by atomic mass is 10.3. The lowest BCUT2D eigenvalue weighted by Crippen LogP contribution is -2.03. The second-order valence-corrected chi connectivity index (χ2v) is 2.51. The quantitative estimate of drug-likeness (QED) is 0.763. The van der Waals surface area contributed by atoms with Crippen molar-refractivity contribution in [3.05, 3.63) is 18.2 Å². The Hall–Kier alpha value is -1.52. The summed E-state index contributed by atoms with van der Waals surface area (Å²) in [5.74, 6) is 0.392. The molecule has 0 atom stereocenters. The average molecular weight is 203 g/mol. The zero-order valence-electron chi connectivity index (χ0n) is 7.67. The van der Waals surface area contributed by atoms with Gasteiger partial charge in [0.05, 0.1) is 12.3 Å². The van der Waals surface area contributed by atoms with E-state index in [0.717, 1.165) is 0 Å². The second-order valence-electron chi connectivity index (χ2n) is 2.51. The van der Waals surface area contributed by atoms with Crippen LogP contribution in [0.1, 0.15) is 6.92 Å². The molecule has 0 bridgehead atoms. The van der Waals surface area contributed by atoms with E-state index in [0.29, 0.717) is 18.0 Å². The van der Waals surface area contributed by atoms with Crippen molar-refractivity contribution >= 4 is 5.69 Å². The van der Waals surface area contributed by atoms with Gasteiger partial charge in [-0.2, -0.15) is 8.78 Å². The average Bonchev–Trinajstić information content (AvgIpc) is 2.10. The number of alkyl halides is 2. The van der Waals surface area contributed by atoms with Gasteiger partial charge < -0.3 is 15.2 Å². The van der Waals surface area contributed by atoms with Crippen LogP contribution >= 0.6 is 0 Å². The van der Waals surface area contributed by atoms with Crippen molar-refractivity contribution in [1.29, 1.82) is 0 Å². The Morgan fingerprint density at radius 3 is 2.71 bits per heavy atom. The number of hydrogen-bond acceptors (Lipinski definition) is 3. The highest BCUT2D eigenvalue weighted by atomic mass is 19.3. The first-order valence-electron chi connectivity index (χ1n) is 4.10. The maximum Gasteiger partial charge on any atom is 0.387 e. The van der Waals surface area contributed by atoms with Crippen LogP contribution in [0.5, 0.6) is 11.5 Å². The van der Waals surface area contributed by atoms with Gasteiger partial charge >= 0.3 is 6.61 Å². The summed E-state index contributed by atoms with van der Waals surface area (Å²) in [6, 6.07) is 4.16. The molecule has 1 rings (SSSR count). The number of anilines is 1. The van der Waals surface area contributed by atoms with E-state index in [9.17, 15) is 8.78 Å². The van der Waals surface area contributed by atoms with E-state index in [1.165, 1.54) is 18.2 Å². The van der Waals surface area contributed by atoms with Crippen molar-refractivity contribution in [1.82, 2.24) is 0 Å². The topological polar surface area (TPSA) is 44.5 Å². The Labute approximate surface area is 80.4 Å². The van der Waals surface area contributed by atoms with Gasteiger partial charge in [-0.05, 0) is 19.1 Å². The van der Waals surface area contributed by atoms with E-state index in [2.05, 4.69) is 4.74 Å². The highest BCUT2D eigenvalue weighted by Gasteiger charge is 2.07. The number of nitrogens with two attached hydrogens (primary N) is 1. The van der Waals surface area contributed by atoms with E-state index < -0.39 is 6.61 Å². The summed E-state index contributed by atoms with van der Waals surface area (Å²) < 4.78 is 33.0. The minimum absolute atomic E-state index is 0.0395. The summed E-state index contributed by atoms with van der Waals surface area (Å²) in [4.78, 5) is 0. The summed E-state index contributed by atoms with van der Waals surface area (Å²) >= 11 is 0. The Kier molecular flexibility index (Phi) is 3.50. The monoisotopic (exact) mass is 203 g/mol. The van der Waals surface area contributed by atoms with Crippen molar-refractivity contribution in [2.24, 2.45) is 0 Å². The van der Waals surface area contributed by atoms with E-state index in [1.807, 2.05) is 0 Å². The predicted molar refractivity (Wildman–Crippen MR) is 48.7 cm³/mol. The molecule has 0 aliphatic heterocycles. The van der Waals surface area contributed by atoms with Gasteiger partial charge in [0.15, 0.2) is 0 Å². The van der Waals surface area contributed by atoms with Gasteiger partial charge in [0.1, 0.15) is 11.5 Å². The molecule has 0 saturated heterocycles. The number of rotatable bonds is 4. The van der Waals surface area contributed by atoms with Gasteiger partial charge in [0.2, 0.25) is 0 Å². The summed E-state index contributed by atoms with van der Waals surface area (Å²) in [5.41, 5.74) is 5.93. The van der Waals surface area contributed by atoms with Crippen molar-refractivity contribution < 1.29 is 18.3 Å². The van der Waals surface area contributed by atoms with Crippen LogP contribution in [0.25, 0.3) is 0 Å². The Morgan fingerprint density at radius 1 is 1.43 bits per heavy atom. The number of benzene rings is 1. The number of ether oxygens (including phenoxy) is 2. The maximum atomic E-state index is 11.8. The minimum atomic E-state index is -2.84. The highest BCUT2D eigenvalue weighted by Crippen LogP contribution is 2.27. The van der Waals surface area contributed by atoms with Gasteiger partial charge in [-0.3, -0.25) is 0 Å². The zero-order valence-corrected chi connectivity index (χ0v) is 7.67. The molecule has 1 aromatic carbocycles. The Balaban J connectivity index is 2.83. The van der Waals surface area contributed by atoms with Gasteiger partial charge in [-0.1, -0.05) is 0 Å². The SMILES string of the molecule is CCOc1cc(OC(F)F)ccc1N. The molecule has 0 aliphatic rings. The molecule has 78 valence electrons. The lowest BCUT2D eigenvalue weighted by molar-refractivity contribution is -0.0499. The molecule has 0 spiro atoms. The smallest absolute Gasteiger partial charge is 0.387 e. The third-order valence-electron chi connectivity index (χ3n) is 1.51. The fourth-order valence-corrected chi connectivity index (χ4v) is 0.971. The van der Waals surface area contributed by atoms with Crippen LogP contribution in [0.15, 0.2) is 18.2 Å². The molecular weight excluding hydrogens is 192 g/mol. The number of nitrogen functional groups attached to an aromatic ring is 1. The standard InChI is InChI=1S/C9H11F2NO2/c1-2-13-8-5-6(14-9(10)11)3-4-7(8)12/h3-5,9H,2,12H2,1H3. The zero-order chi connectivity index (χ0) is 10.6. The Morgan fingerprint density at radius 2 is 2.14 bits per heavy atom. The van der Waals surface area contributed by atoms with E-state index in [1.54, 1.807) is 6.92 Å². The van der Waals surface area contributed by atoms with Crippen LogP contribution in [0, 0.1) is 0 Å². The molecule has 0 heterocycles. The van der Waals surface area contributed by atoms with Gasteiger partial charge in [0.25, 0.3) is 0 Å². The first kappa shape index (κ1) is 10.6. The van der Waals surface area contributed by atoms with Crippen LogP contribution in [0.2, 0.25) is 0 Å². The molecule has 0 radical (unpaired) electrons. The van der Waals surface area contributed by atoms with Crippen molar-refractivity contribution in [2.45, 2.75) is 13.5 Å². The minimum Gasteiger partial charge on any atom is -0.492 e. The number of halogens is 2. The molecule has 1 aromatic rings. The molecule has 0 saturated carbocycles. The molecule has 0 unspecified atom stereocenters. The van der Waals surface area contributed by atoms with Crippen molar-refractivity contribution in [2.75, 3.05) is 12.3 Å². The fourth-order valence-electron chi connectivity index (χ4n) is 0.971. The van der Waals surface area contributed by atoms with Crippen LogP contribution in [-0.2, 0) is 0 Å². The van der Waals surface area contributed by atoms with Crippen LogP contribution < -0.4 is 15.2 Å². The largest absolute Gasteiger partial charge is 0.492 e. The van der Waals surface area contributed by atoms with E-state index in [-0.39, 0.29) is 5.75 Å². The molecule has 0 fully saturated rings. The molecule has 0 aliphatic carbocycles. The summed E-state index contributed by atoms with van der Waals surface area (Å²) in [5, 5.41) is 0. The van der Waals surface area contributed by atoms with E-state index in [4.69, 9.17) is 10.5 Å². The maximum absolute atomic E-state index is 11.8. The summed E-state index contributed by atoms with van der Waals surface area (Å²) in [6.07, 6.45) is 0. The molecule has 5 heteroatoms. The molecule has 0 amide bonds. The second kappa shape index (κ2) is 4.64. The molecular formula is C9H11F2NO2. The third kappa shape index (κ3) is 2.76. The van der Waals surface area contributed by atoms with Gasteiger partial charge in [0, 0.05) is 6.07 Å². The Bertz CT molecular complexity index is 305. The van der Waals surface area contributed by atoms with Crippen LogP contribution in [0.4, 0.5) is 14.5 Å². The van der Waals surface area contributed by atoms with Gasteiger partial charge in [-0.25, -0.2) is 0 Å². The molecule has 3 nitrogen and oxygen atoms in total. The first-order valence-corrected chi connectivity index (χ1v) is 4.10.